The van der Waals surface area contributed by atoms with Crippen LogP contribution in [0.25, 0.3) is 11.0 Å². The number of amides is 2. The second-order valence-corrected chi connectivity index (χ2v) is 7.60. The molecule has 7 nitrogen and oxygen atoms in total. The highest BCUT2D eigenvalue weighted by molar-refractivity contribution is 5.96. The van der Waals surface area contributed by atoms with Crippen LogP contribution in [0.4, 0.5) is 5.69 Å². The van der Waals surface area contributed by atoms with Crippen molar-refractivity contribution in [2.24, 2.45) is 0 Å². The highest BCUT2D eigenvalue weighted by atomic mass is 16.5. The minimum absolute atomic E-state index is 0.0132. The van der Waals surface area contributed by atoms with Gasteiger partial charge in [-0.05, 0) is 50.5 Å². The lowest BCUT2D eigenvalue weighted by Crippen LogP contribution is -2.40. The number of fused-ring (bicyclic) bond motifs is 1. The molecule has 0 fully saturated rings. The zero-order chi connectivity index (χ0) is 22.5. The summed E-state index contributed by atoms with van der Waals surface area (Å²) in [4.78, 5) is 36.7. The van der Waals surface area contributed by atoms with Crippen LogP contribution in [0.2, 0.25) is 0 Å². The first-order valence-corrected chi connectivity index (χ1v) is 10.0. The molecule has 2 aromatic carbocycles. The molecule has 0 bridgehead atoms. The quantitative estimate of drug-likeness (QED) is 0.567. The number of para-hydroxylation sites is 1. The smallest absolute Gasteiger partial charge is 0.311 e. The average Bonchev–Trinajstić information content (AvgIpc) is 3.10. The molecule has 0 aliphatic carbocycles. The summed E-state index contributed by atoms with van der Waals surface area (Å²) in [5.41, 5.74) is 5.04. The van der Waals surface area contributed by atoms with Crippen molar-refractivity contribution in [1.29, 1.82) is 0 Å². The molecule has 0 spiro atoms. The van der Waals surface area contributed by atoms with E-state index in [1.807, 2.05) is 57.2 Å². The highest BCUT2D eigenvalue weighted by Crippen LogP contribution is 2.23. The van der Waals surface area contributed by atoms with E-state index in [1.54, 1.807) is 0 Å². The van der Waals surface area contributed by atoms with Gasteiger partial charge in [-0.3, -0.25) is 14.4 Å². The summed E-state index contributed by atoms with van der Waals surface area (Å²) < 4.78 is 10.7. The van der Waals surface area contributed by atoms with Crippen molar-refractivity contribution >= 4 is 34.4 Å². The van der Waals surface area contributed by atoms with E-state index in [9.17, 15) is 14.4 Å². The number of carbonyl (C=O) groups is 3. The van der Waals surface area contributed by atoms with Crippen LogP contribution in [0.3, 0.4) is 0 Å². The van der Waals surface area contributed by atoms with E-state index in [0.717, 1.165) is 27.8 Å². The number of carbonyl (C=O) groups excluding carboxylic acids is 3. The minimum atomic E-state index is -1.03. The molecular formula is C24H26N2O5. The van der Waals surface area contributed by atoms with Crippen LogP contribution in [-0.2, 0) is 25.5 Å². The predicted octanol–water partition coefficient (Wildman–Crippen LogP) is 3.59. The van der Waals surface area contributed by atoms with Gasteiger partial charge < -0.3 is 19.8 Å². The molecule has 162 valence electrons. The van der Waals surface area contributed by atoms with Crippen molar-refractivity contribution in [3.63, 3.8) is 0 Å². The molecule has 3 rings (SSSR count). The number of aryl methyl sites for hydroxylation is 3. The summed E-state index contributed by atoms with van der Waals surface area (Å²) in [6.07, 6.45) is 0.482. The standard InChI is InChI=1S/C24H26N2O5/c1-14-8-9-19-18(13-30-20(19)10-14)11-22(28)31-17(4)24(29)25-12-21(27)26-23-15(2)6-5-7-16(23)3/h5-10,13,17H,11-12H2,1-4H3,(H,25,29)(H,26,27). The molecule has 0 aliphatic heterocycles. The Balaban J connectivity index is 1.49. The van der Waals surface area contributed by atoms with Gasteiger partial charge in [0.05, 0.1) is 19.2 Å². The zero-order valence-electron chi connectivity index (χ0n) is 18.1. The lowest BCUT2D eigenvalue weighted by Gasteiger charge is -2.14. The van der Waals surface area contributed by atoms with E-state index in [4.69, 9.17) is 9.15 Å². The number of hydrogen-bond acceptors (Lipinski definition) is 5. The number of furan rings is 1. The molecule has 3 aromatic rings. The Labute approximate surface area is 180 Å². The van der Waals surface area contributed by atoms with Crippen LogP contribution in [0, 0.1) is 20.8 Å². The largest absolute Gasteiger partial charge is 0.464 e. The van der Waals surface area contributed by atoms with Crippen molar-refractivity contribution in [1.82, 2.24) is 5.32 Å². The SMILES string of the molecule is Cc1ccc2c(CC(=O)OC(C)C(=O)NCC(=O)Nc3c(C)cccc3C)coc2c1. The fourth-order valence-electron chi connectivity index (χ4n) is 3.28. The fraction of sp³-hybridized carbons (Fsp3) is 0.292. The summed E-state index contributed by atoms with van der Waals surface area (Å²) in [5, 5.41) is 6.12. The first-order valence-electron chi connectivity index (χ1n) is 10.0. The van der Waals surface area contributed by atoms with E-state index in [0.29, 0.717) is 11.1 Å². The molecule has 0 saturated heterocycles. The zero-order valence-corrected chi connectivity index (χ0v) is 18.1. The van der Waals surface area contributed by atoms with Crippen LogP contribution in [0.1, 0.15) is 29.2 Å². The molecule has 1 heterocycles. The third-order valence-electron chi connectivity index (χ3n) is 4.99. The van der Waals surface area contributed by atoms with Crippen LogP contribution in [-0.4, -0.2) is 30.4 Å². The molecule has 2 amide bonds. The Morgan fingerprint density at radius 1 is 1.06 bits per heavy atom. The topological polar surface area (TPSA) is 97.6 Å². The van der Waals surface area contributed by atoms with Gasteiger partial charge in [-0.1, -0.05) is 30.3 Å². The van der Waals surface area contributed by atoms with Crippen molar-refractivity contribution in [2.75, 3.05) is 11.9 Å². The third kappa shape index (κ3) is 5.51. The Morgan fingerprint density at radius 2 is 1.77 bits per heavy atom. The van der Waals surface area contributed by atoms with Gasteiger partial charge in [0, 0.05) is 16.6 Å². The highest BCUT2D eigenvalue weighted by Gasteiger charge is 2.20. The van der Waals surface area contributed by atoms with Crippen molar-refractivity contribution in [2.45, 2.75) is 40.2 Å². The van der Waals surface area contributed by atoms with Gasteiger partial charge in [0.25, 0.3) is 5.91 Å². The summed E-state index contributed by atoms with van der Waals surface area (Å²) >= 11 is 0. The average molecular weight is 422 g/mol. The summed E-state index contributed by atoms with van der Waals surface area (Å²) in [6, 6.07) is 11.4. The molecule has 1 aromatic heterocycles. The van der Waals surface area contributed by atoms with Crippen LogP contribution < -0.4 is 10.6 Å². The number of rotatable bonds is 7. The monoisotopic (exact) mass is 422 g/mol. The normalized spacial score (nSPS) is 11.7. The van der Waals surface area contributed by atoms with E-state index in [2.05, 4.69) is 10.6 Å². The number of hydrogen-bond donors (Lipinski definition) is 2. The molecular weight excluding hydrogens is 396 g/mol. The molecule has 0 radical (unpaired) electrons. The number of nitrogens with one attached hydrogen (secondary N) is 2. The van der Waals surface area contributed by atoms with E-state index >= 15 is 0 Å². The number of ether oxygens (including phenoxy) is 1. The lowest BCUT2D eigenvalue weighted by molar-refractivity contribution is -0.154. The Bertz CT molecular complexity index is 1110. The summed E-state index contributed by atoms with van der Waals surface area (Å²) in [5.74, 6) is -1.45. The first kappa shape index (κ1) is 22.1. The maximum Gasteiger partial charge on any atom is 0.311 e. The first-order chi connectivity index (χ1) is 14.7. The summed E-state index contributed by atoms with van der Waals surface area (Å²) in [6.45, 7) is 6.99. The molecule has 31 heavy (non-hydrogen) atoms. The van der Waals surface area contributed by atoms with Gasteiger partial charge in [0.1, 0.15) is 5.58 Å². The van der Waals surface area contributed by atoms with Gasteiger partial charge in [-0.2, -0.15) is 0 Å². The fourth-order valence-corrected chi connectivity index (χ4v) is 3.28. The van der Waals surface area contributed by atoms with Gasteiger partial charge in [0.2, 0.25) is 5.91 Å². The molecule has 0 saturated carbocycles. The van der Waals surface area contributed by atoms with Gasteiger partial charge in [-0.15, -0.1) is 0 Å². The van der Waals surface area contributed by atoms with Crippen LogP contribution in [0.5, 0.6) is 0 Å². The van der Waals surface area contributed by atoms with Crippen molar-refractivity contribution in [3.8, 4) is 0 Å². The second kappa shape index (κ2) is 9.47. The maximum atomic E-state index is 12.3. The Hall–Kier alpha value is -3.61. The minimum Gasteiger partial charge on any atom is -0.464 e. The van der Waals surface area contributed by atoms with Gasteiger partial charge >= 0.3 is 5.97 Å². The Kier molecular flexibility index (Phi) is 6.74. The molecule has 7 heteroatoms. The summed E-state index contributed by atoms with van der Waals surface area (Å²) in [7, 11) is 0. The van der Waals surface area contributed by atoms with Gasteiger partial charge in [-0.25, -0.2) is 0 Å². The molecule has 1 atom stereocenters. The molecule has 2 N–H and O–H groups in total. The third-order valence-corrected chi connectivity index (χ3v) is 4.99. The molecule has 0 aliphatic rings. The molecule has 1 unspecified atom stereocenters. The maximum absolute atomic E-state index is 12.3. The van der Waals surface area contributed by atoms with E-state index < -0.39 is 18.0 Å². The second-order valence-electron chi connectivity index (χ2n) is 7.60. The lowest BCUT2D eigenvalue weighted by atomic mass is 10.1. The van der Waals surface area contributed by atoms with E-state index in [-0.39, 0.29) is 18.9 Å². The van der Waals surface area contributed by atoms with E-state index in [1.165, 1.54) is 13.2 Å². The number of esters is 1. The number of anilines is 1. The van der Waals surface area contributed by atoms with Crippen molar-refractivity contribution in [3.05, 3.63) is 64.9 Å². The van der Waals surface area contributed by atoms with Gasteiger partial charge in [0.15, 0.2) is 6.10 Å². The van der Waals surface area contributed by atoms with Crippen LogP contribution >= 0.6 is 0 Å². The van der Waals surface area contributed by atoms with Crippen molar-refractivity contribution < 1.29 is 23.5 Å². The van der Waals surface area contributed by atoms with Crippen LogP contribution in [0.15, 0.2) is 47.1 Å². The Morgan fingerprint density at radius 3 is 2.48 bits per heavy atom. The number of benzene rings is 2. The predicted molar refractivity (Wildman–Crippen MR) is 118 cm³/mol.